The van der Waals surface area contributed by atoms with E-state index in [-0.39, 0.29) is 6.04 Å². The summed E-state index contributed by atoms with van der Waals surface area (Å²) in [5.41, 5.74) is 0. The molecule has 0 aliphatic carbocycles. The molecular formula is C11H20N2. The molecule has 2 heteroatoms. The van der Waals surface area contributed by atoms with E-state index in [1.54, 1.807) is 0 Å². The lowest BCUT2D eigenvalue weighted by molar-refractivity contribution is 0.202. The lowest BCUT2D eigenvalue weighted by atomic mass is 10.1. The van der Waals surface area contributed by atoms with Gasteiger partial charge in [0.1, 0.15) is 0 Å². The molecule has 0 spiro atoms. The van der Waals surface area contributed by atoms with Gasteiger partial charge in [-0.25, -0.2) is 0 Å². The molecule has 13 heavy (non-hydrogen) atoms. The molecule has 0 aromatic heterocycles. The summed E-state index contributed by atoms with van der Waals surface area (Å²) in [4.78, 5) is 2.33. The van der Waals surface area contributed by atoms with E-state index in [0.717, 1.165) is 13.1 Å². The second kappa shape index (κ2) is 5.26. The summed E-state index contributed by atoms with van der Waals surface area (Å²) in [5.74, 6) is 2.79. The van der Waals surface area contributed by atoms with Gasteiger partial charge >= 0.3 is 0 Å². The van der Waals surface area contributed by atoms with Crippen molar-refractivity contribution in [1.29, 1.82) is 0 Å². The molecule has 74 valence electrons. The fourth-order valence-corrected chi connectivity index (χ4v) is 1.84. The first-order valence-electron chi connectivity index (χ1n) is 5.14. The first-order valence-corrected chi connectivity index (χ1v) is 5.14. The zero-order valence-corrected chi connectivity index (χ0v) is 8.71. The van der Waals surface area contributed by atoms with Gasteiger partial charge in [0.05, 0.1) is 6.04 Å². The summed E-state index contributed by atoms with van der Waals surface area (Å²) in [5, 5.41) is 3.41. The smallest absolute Gasteiger partial charge is 0.0683 e. The van der Waals surface area contributed by atoms with Crippen molar-refractivity contribution in [2.45, 2.75) is 38.3 Å². The largest absolute Gasteiger partial charge is 0.317 e. The molecule has 1 aliphatic heterocycles. The minimum absolute atomic E-state index is 0.267. The third-order valence-corrected chi connectivity index (χ3v) is 2.97. The molecule has 1 N–H and O–H groups in total. The minimum Gasteiger partial charge on any atom is -0.317 e. The molecule has 0 aromatic rings. The lowest BCUT2D eigenvalue weighted by Crippen LogP contribution is -2.38. The van der Waals surface area contributed by atoms with Crippen LogP contribution in [-0.4, -0.2) is 37.1 Å². The van der Waals surface area contributed by atoms with Crippen LogP contribution in [0.2, 0.25) is 0 Å². The predicted molar refractivity (Wildman–Crippen MR) is 56.6 cm³/mol. The Morgan fingerprint density at radius 1 is 1.46 bits per heavy atom. The molecule has 0 aromatic carbocycles. The Balaban J connectivity index is 2.44. The molecule has 1 rings (SSSR count). The molecule has 2 unspecified atom stereocenters. The van der Waals surface area contributed by atoms with E-state index in [1.165, 1.54) is 19.3 Å². The van der Waals surface area contributed by atoms with Crippen LogP contribution in [0.25, 0.3) is 0 Å². The maximum Gasteiger partial charge on any atom is 0.0683 e. The van der Waals surface area contributed by atoms with Gasteiger partial charge in [0.25, 0.3) is 0 Å². The fourth-order valence-electron chi connectivity index (χ4n) is 1.84. The molecule has 0 amide bonds. The van der Waals surface area contributed by atoms with Crippen LogP contribution in [0.15, 0.2) is 0 Å². The summed E-state index contributed by atoms with van der Waals surface area (Å²) in [6, 6.07) is 0.934. The highest BCUT2D eigenvalue weighted by Crippen LogP contribution is 2.13. The molecule has 1 aliphatic rings. The highest BCUT2D eigenvalue weighted by atomic mass is 15.2. The maximum absolute atomic E-state index is 5.41. The third-order valence-electron chi connectivity index (χ3n) is 2.97. The van der Waals surface area contributed by atoms with E-state index in [1.807, 2.05) is 0 Å². The lowest BCUT2D eigenvalue weighted by Gasteiger charge is -2.29. The molecule has 2 nitrogen and oxygen atoms in total. The molecular weight excluding hydrogens is 160 g/mol. The van der Waals surface area contributed by atoms with Crippen LogP contribution in [0.4, 0.5) is 0 Å². The average Bonchev–Trinajstić information content (AvgIpc) is 2.43. The zero-order chi connectivity index (χ0) is 9.68. The van der Waals surface area contributed by atoms with E-state index in [9.17, 15) is 0 Å². The molecule has 1 heterocycles. The quantitative estimate of drug-likeness (QED) is 0.640. The Kier molecular flexibility index (Phi) is 4.27. The highest BCUT2D eigenvalue weighted by molar-refractivity contribution is 4.98. The van der Waals surface area contributed by atoms with Crippen LogP contribution in [0.5, 0.6) is 0 Å². The number of hydrogen-bond acceptors (Lipinski definition) is 2. The van der Waals surface area contributed by atoms with Crippen molar-refractivity contribution in [2.24, 2.45) is 0 Å². The van der Waals surface area contributed by atoms with Crippen LogP contribution >= 0.6 is 0 Å². The van der Waals surface area contributed by atoms with Gasteiger partial charge in [0.2, 0.25) is 0 Å². The van der Waals surface area contributed by atoms with Crippen LogP contribution in [0.3, 0.4) is 0 Å². The Bertz CT molecular complexity index is 175. The Morgan fingerprint density at radius 3 is 2.92 bits per heavy atom. The number of terminal acetylenes is 1. The summed E-state index contributed by atoms with van der Waals surface area (Å²) >= 11 is 0. The SMILES string of the molecule is C#CC(C)N(C)C1CCCNCC1. The maximum atomic E-state index is 5.41. The van der Waals surface area contributed by atoms with Gasteiger partial charge < -0.3 is 5.32 Å². The fraction of sp³-hybridized carbons (Fsp3) is 0.818. The monoisotopic (exact) mass is 180 g/mol. The van der Waals surface area contributed by atoms with Gasteiger partial charge in [0.15, 0.2) is 0 Å². The predicted octanol–water partition coefficient (Wildman–Crippen LogP) is 1.08. The second-order valence-corrected chi connectivity index (χ2v) is 3.84. The molecule has 0 saturated carbocycles. The normalized spacial score (nSPS) is 26.5. The topological polar surface area (TPSA) is 15.3 Å². The minimum atomic E-state index is 0.267. The van der Waals surface area contributed by atoms with Gasteiger partial charge in [-0.2, -0.15) is 0 Å². The Hall–Kier alpha value is -0.520. The summed E-state index contributed by atoms with van der Waals surface area (Å²) in [6.07, 6.45) is 9.18. The zero-order valence-electron chi connectivity index (χ0n) is 8.71. The first-order chi connectivity index (χ1) is 6.25. The van der Waals surface area contributed by atoms with Gasteiger partial charge in [-0.1, -0.05) is 5.92 Å². The first kappa shape index (κ1) is 10.6. The van der Waals surface area contributed by atoms with Crippen LogP contribution in [0.1, 0.15) is 26.2 Å². The van der Waals surface area contributed by atoms with Crippen LogP contribution in [0, 0.1) is 12.3 Å². The third kappa shape index (κ3) is 3.02. The van der Waals surface area contributed by atoms with Crippen molar-refractivity contribution in [3.05, 3.63) is 0 Å². The molecule has 0 radical (unpaired) electrons. The number of nitrogens with zero attached hydrogens (tertiary/aromatic N) is 1. The van der Waals surface area contributed by atoms with Crippen molar-refractivity contribution < 1.29 is 0 Å². The van der Waals surface area contributed by atoms with Crippen molar-refractivity contribution in [1.82, 2.24) is 10.2 Å². The Labute approximate surface area is 81.7 Å². The van der Waals surface area contributed by atoms with Crippen LogP contribution < -0.4 is 5.32 Å². The Morgan fingerprint density at radius 2 is 2.23 bits per heavy atom. The second-order valence-electron chi connectivity index (χ2n) is 3.84. The molecule has 1 saturated heterocycles. The summed E-state index contributed by atoms with van der Waals surface area (Å²) < 4.78 is 0. The van der Waals surface area contributed by atoms with Crippen molar-refractivity contribution in [3.63, 3.8) is 0 Å². The van der Waals surface area contributed by atoms with Crippen molar-refractivity contribution in [3.8, 4) is 12.3 Å². The standard InChI is InChI=1S/C11H20N2/c1-4-10(2)13(3)11-6-5-8-12-9-7-11/h1,10-12H,5-9H2,2-3H3. The van der Waals surface area contributed by atoms with E-state index in [4.69, 9.17) is 6.42 Å². The number of nitrogens with one attached hydrogen (secondary N) is 1. The van der Waals surface area contributed by atoms with Crippen LogP contribution in [-0.2, 0) is 0 Å². The average molecular weight is 180 g/mol. The van der Waals surface area contributed by atoms with E-state index >= 15 is 0 Å². The van der Waals surface area contributed by atoms with Gasteiger partial charge in [-0.15, -0.1) is 6.42 Å². The van der Waals surface area contributed by atoms with Crippen molar-refractivity contribution >= 4 is 0 Å². The van der Waals surface area contributed by atoms with E-state index in [2.05, 4.69) is 30.1 Å². The number of hydrogen-bond donors (Lipinski definition) is 1. The highest BCUT2D eigenvalue weighted by Gasteiger charge is 2.19. The molecule has 1 fully saturated rings. The van der Waals surface area contributed by atoms with Crippen molar-refractivity contribution in [2.75, 3.05) is 20.1 Å². The summed E-state index contributed by atoms with van der Waals surface area (Å²) in [6.45, 7) is 4.39. The molecule has 0 bridgehead atoms. The van der Waals surface area contributed by atoms with Gasteiger partial charge in [-0.3, -0.25) is 4.90 Å². The van der Waals surface area contributed by atoms with E-state index in [0.29, 0.717) is 6.04 Å². The van der Waals surface area contributed by atoms with E-state index < -0.39 is 0 Å². The van der Waals surface area contributed by atoms with Gasteiger partial charge in [0, 0.05) is 6.04 Å². The van der Waals surface area contributed by atoms with Gasteiger partial charge in [-0.05, 0) is 46.3 Å². The molecule has 2 atom stereocenters. The summed E-state index contributed by atoms with van der Waals surface area (Å²) in [7, 11) is 2.14. The number of rotatable bonds is 2.